The summed E-state index contributed by atoms with van der Waals surface area (Å²) in [6, 6.07) is 14.2. The van der Waals surface area contributed by atoms with Crippen molar-refractivity contribution in [2.45, 2.75) is 0 Å². The molecule has 0 N–H and O–H groups in total. The third kappa shape index (κ3) is 3.82. The van der Waals surface area contributed by atoms with Crippen LogP contribution in [0.4, 0.5) is 5.82 Å². The van der Waals surface area contributed by atoms with Crippen molar-refractivity contribution in [3.8, 4) is 0 Å². The van der Waals surface area contributed by atoms with Gasteiger partial charge in [0.1, 0.15) is 5.82 Å². The lowest BCUT2D eigenvalue weighted by atomic mass is 10.2. The summed E-state index contributed by atoms with van der Waals surface area (Å²) in [4.78, 5) is 6.69. The summed E-state index contributed by atoms with van der Waals surface area (Å²) in [6.07, 6.45) is 3.76. The first-order chi connectivity index (χ1) is 10.3. The summed E-state index contributed by atoms with van der Waals surface area (Å²) in [5.41, 5.74) is 1.11. The molecule has 0 amide bonds. The molecular formula is C16H17BrN4. The number of hydrazone groups is 1. The minimum Gasteiger partial charge on any atom is -0.353 e. The minimum absolute atomic E-state index is 0.918. The summed E-state index contributed by atoms with van der Waals surface area (Å²) < 4.78 is 1.08. The number of benzene rings is 1. The molecule has 0 aliphatic carbocycles. The van der Waals surface area contributed by atoms with Crippen LogP contribution in [0.1, 0.15) is 5.56 Å². The Morgan fingerprint density at radius 1 is 1.05 bits per heavy atom. The molecule has 0 bridgehead atoms. The molecule has 1 saturated heterocycles. The van der Waals surface area contributed by atoms with Gasteiger partial charge in [0.2, 0.25) is 0 Å². The van der Waals surface area contributed by atoms with E-state index in [4.69, 9.17) is 0 Å². The molecule has 0 unspecified atom stereocenters. The molecule has 1 aromatic carbocycles. The third-order valence-corrected chi connectivity index (χ3v) is 3.94. The zero-order valence-corrected chi connectivity index (χ0v) is 13.3. The van der Waals surface area contributed by atoms with Gasteiger partial charge in [-0.05, 0) is 29.8 Å². The average Bonchev–Trinajstić information content (AvgIpc) is 2.54. The standard InChI is InChI=1S/C16H17BrN4/c17-15-5-3-4-14(12-15)13-19-21-10-8-20(9-11-21)16-6-1-2-7-18-16/h1-7,12-13H,8-11H2/b19-13-. The van der Waals surface area contributed by atoms with E-state index in [0.29, 0.717) is 0 Å². The number of rotatable bonds is 3. The molecule has 0 saturated carbocycles. The first kappa shape index (κ1) is 14.1. The maximum Gasteiger partial charge on any atom is 0.128 e. The van der Waals surface area contributed by atoms with Crippen molar-refractivity contribution >= 4 is 28.0 Å². The van der Waals surface area contributed by atoms with E-state index in [2.05, 4.69) is 54.1 Å². The van der Waals surface area contributed by atoms with Crippen LogP contribution in [0, 0.1) is 0 Å². The van der Waals surface area contributed by atoms with Crippen molar-refractivity contribution in [1.82, 2.24) is 9.99 Å². The second kappa shape index (κ2) is 6.72. The lowest BCUT2D eigenvalue weighted by Gasteiger charge is -2.33. The van der Waals surface area contributed by atoms with E-state index in [1.807, 2.05) is 36.7 Å². The minimum atomic E-state index is 0.918. The fourth-order valence-corrected chi connectivity index (χ4v) is 2.73. The summed E-state index contributed by atoms with van der Waals surface area (Å²) in [7, 11) is 0. The molecule has 3 rings (SSSR count). The lowest BCUT2D eigenvalue weighted by Crippen LogP contribution is -2.44. The molecule has 1 aliphatic rings. The van der Waals surface area contributed by atoms with Gasteiger partial charge in [0.05, 0.1) is 19.3 Å². The van der Waals surface area contributed by atoms with Gasteiger partial charge in [-0.25, -0.2) is 4.98 Å². The SMILES string of the molecule is Brc1cccc(/C=N\N2CCN(c3ccccn3)CC2)c1. The number of hydrogen-bond acceptors (Lipinski definition) is 4. The van der Waals surface area contributed by atoms with Crippen LogP contribution in [0.15, 0.2) is 58.2 Å². The molecule has 108 valence electrons. The highest BCUT2D eigenvalue weighted by molar-refractivity contribution is 9.10. The van der Waals surface area contributed by atoms with Crippen LogP contribution < -0.4 is 4.90 Å². The largest absolute Gasteiger partial charge is 0.353 e. The van der Waals surface area contributed by atoms with Gasteiger partial charge in [0.25, 0.3) is 0 Å². The van der Waals surface area contributed by atoms with Crippen LogP contribution in [0.25, 0.3) is 0 Å². The third-order valence-electron chi connectivity index (χ3n) is 3.45. The second-order valence-electron chi connectivity index (χ2n) is 4.93. The number of hydrogen-bond donors (Lipinski definition) is 0. The maximum absolute atomic E-state index is 4.56. The molecule has 4 nitrogen and oxygen atoms in total. The Morgan fingerprint density at radius 3 is 2.62 bits per heavy atom. The quantitative estimate of drug-likeness (QED) is 0.802. The van der Waals surface area contributed by atoms with Crippen molar-refractivity contribution in [3.05, 3.63) is 58.7 Å². The molecule has 2 heterocycles. The van der Waals surface area contributed by atoms with Crippen LogP contribution in [-0.4, -0.2) is 42.4 Å². The Hall–Kier alpha value is -1.88. The van der Waals surface area contributed by atoms with E-state index in [9.17, 15) is 0 Å². The van der Waals surface area contributed by atoms with Crippen LogP contribution in [0.2, 0.25) is 0 Å². The van der Waals surface area contributed by atoms with Gasteiger partial charge in [-0.2, -0.15) is 5.10 Å². The second-order valence-corrected chi connectivity index (χ2v) is 5.84. The van der Waals surface area contributed by atoms with E-state index < -0.39 is 0 Å². The lowest BCUT2D eigenvalue weighted by molar-refractivity contribution is 0.271. The number of aromatic nitrogens is 1. The summed E-state index contributed by atoms with van der Waals surface area (Å²) in [5, 5.41) is 6.67. The van der Waals surface area contributed by atoms with Gasteiger partial charge in [0, 0.05) is 23.8 Å². The number of pyridine rings is 1. The molecular weight excluding hydrogens is 328 g/mol. The molecule has 0 atom stereocenters. The number of halogens is 1. The highest BCUT2D eigenvalue weighted by Gasteiger charge is 2.15. The van der Waals surface area contributed by atoms with E-state index in [-0.39, 0.29) is 0 Å². The fraction of sp³-hybridized carbons (Fsp3) is 0.250. The van der Waals surface area contributed by atoms with Gasteiger partial charge in [-0.1, -0.05) is 34.1 Å². The first-order valence-electron chi connectivity index (χ1n) is 7.02. The van der Waals surface area contributed by atoms with Gasteiger partial charge in [-0.15, -0.1) is 0 Å². The van der Waals surface area contributed by atoms with Crippen LogP contribution in [0.5, 0.6) is 0 Å². The van der Waals surface area contributed by atoms with Gasteiger partial charge >= 0.3 is 0 Å². The predicted octanol–water partition coefficient (Wildman–Crippen LogP) is 3.00. The van der Waals surface area contributed by atoms with Crippen molar-refractivity contribution < 1.29 is 0 Å². The van der Waals surface area contributed by atoms with Crippen LogP contribution in [-0.2, 0) is 0 Å². The Labute approximate surface area is 133 Å². The number of anilines is 1. The molecule has 0 radical (unpaired) electrons. The average molecular weight is 345 g/mol. The predicted molar refractivity (Wildman–Crippen MR) is 89.8 cm³/mol. The van der Waals surface area contributed by atoms with E-state index >= 15 is 0 Å². The fourth-order valence-electron chi connectivity index (χ4n) is 2.32. The zero-order valence-electron chi connectivity index (χ0n) is 11.7. The highest BCUT2D eigenvalue weighted by atomic mass is 79.9. The Bertz CT molecular complexity index is 607. The van der Waals surface area contributed by atoms with E-state index in [1.165, 1.54) is 0 Å². The molecule has 2 aromatic rings. The Morgan fingerprint density at radius 2 is 1.90 bits per heavy atom. The van der Waals surface area contributed by atoms with Crippen molar-refractivity contribution in [2.24, 2.45) is 5.10 Å². The zero-order chi connectivity index (χ0) is 14.5. The molecule has 1 aromatic heterocycles. The maximum atomic E-state index is 4.56. The van der Waals surface area contributed by atoms with Crippen molar-refractivity contribution in [1.29, 1.82) is 0 Å². The molecule has 21 heavy (non-hydrogen) atoms. The Kier molecular flexibility index (Phi) is 4.50. The van der Waals surface area contributed by atoms with Gasteiger partial charge < -0.3 is 4.90 Å². The number of piperazine rings is 1. The Balaban J connectivity index is 1.56. The number of nitrogens with zero attached hydrogens (tertiary/aromatic N) is 4. The van der Waals surface area contributed by atoms with Crippen molar-refractivity contribution in [2.75, 3.05) is 31.1 Å². The van der Waals surface area contributed by atoms with Crippen molar-refractivity contribution in [3.63, 3.8) is 0 Å². The normalized spacial score (nSPS) is 15.7. The summed E-state index contributed by atoms with van der Waals surface area (Å²) in [5.74, 6) is 1.05. The highest BCUT2D eigenvalue weighted by Crippen LogP contribution is 2.13. The molecule has 1 fully saturated rings. The van der Waals surface area contributed by atoms with Crippen LogP contribution >= 0.6 is 15.9 Å². The summed E-state index contributed by atoms with van der Waals surface area (Å²) >= 11 is 3.47. The molecule has 5 heteroatoms. The topological polar surface area (TPSA) is 31.7 Å². The molecule has 0 spiro atoms. The first-order valence-corrected chi connectivity index (χ1v) is 7.81. The van der Waals surface area contributed by atoms with Gasteiger partial charge in [0.15, 0.2) is 0 Å². The smallest absolute Gasteiger partial charge is 0.128 e. The van der Waals surface area contributed by atoms with E-state index in [0.717, 1.165) is 42.0 Å². The van der Waals surface area contributed by atoms with Crippen LogP contribution in [0.3, 0.4) is 0 Å². The molecule has 1 aliphatic heterocycles. The van der Waals surface area contributed by atoms with E-state index in [1.54, 1.807) is 0 Å². The van der Waals surface area contributed by atoms with Gasteiger partial charge in [-0.3, -0.25) is 5.01 Å². The monoisotopic (exact) mass is 344 g/mol. The summed E-state index contributed by atoms with van der Waals surface area (Å²) in [6.45, 7) is 3.74.